The Kier molecular flexibility index (Phi) is 4.06. The summed E-state index contributed by atoms with van der Waals surface area (Å²) < 4.78 is 0.398. The van der Waals surface area contributed by atoms with Crippen LogP contribution in [-0.2, 0) is 4.75 Å². The van der Waals surface area contributed by atoms with Crippen LogP contribution < -0.4 is 5.32 Å². The van der Waals surface area contributed by atoms with Gasteiger partial charge in [0.15, 0.2) is 0 Å². The zero-order valence-corrected chi connectivity index (χ0v) is 13.0. The van der Waals surface area contributed by atoms with Crippen molar-refractivity contribution in [1.29, 1.82) is 0 Å². The highest BCUT2D eigenvalue weighted by molar-refractivity contribution is 8.01. The summed E-state index contributed by atoms with van der Waals surface area (Å²) in [4.78, 5) is 8.99. The van der Waals surface area contributed by atoms with Gasteiger partial charge in [0.25, 0.3) is 0 Å². The van der Waals surface area contributed by atoms with Gasteiger partial charge < -0.3 is 10.4 Å². The third kappa shape index (κ3) is 3.83. The number of aliphatic hydroxyl groups is 1. The van der Waals surface area contributed by atoms with Gasteiger partial charge in [-0.05, 0) is 19.8 Å². The monoisotopic (exact) mass is 281 g/mol. The van der Waals surface area contributed by atoms with Gasteiger partial charge in [-0.25, -0.2) is 9.97 Å². The van der Waals surface area contributed by atoms with Crippen LogP contribution in [0, 0.1) is 6.92 Å². The van der Waals surface area contributed by atoms with Crippen LogP contribution in [0.15, 0.2) is 6.07 Å². The van der Waals surface area contributed by atoms with E-state index in [1.54, 1.807) is 0 Å². The molecule has 0 spiro atoms. The predicted octanol–water partition coefficient (Wildman–Crippen LogP) is 2.71. The molecule has 1 aliphatic rings. The maximum Gasteiger partial charge on any atom is 0.130 e. The molecule has 19 heavy (non-hydrogen) atoms. The van der Waals surface area contributed by atoms with Crippen molar-refractivity contribution in [2.45, 2.75) is 50.0 Å². The van der Waals surface area contributed by atoms with E-state index in [0.29, 0.717) is 6.54 Å². The Bertz CT molecular complexity index is 452. The van der Waals surface area contributed by atoms with Gasteiger partial charge in [0, 0.05) is 17.4 Å². The first-order chi connectivity index (χ1) is 8.85. The largest absolute Gasteiger partial charge is 0.395 e. The average Bonchev–Trinajstić information content (AvgIpc) is 3.04. The highest BCUT2D eigenvalue weighted by atomic mass is 32.2. The molecular weight excluding hydrogens is 258 g/mol. The number of hydrogen-bond acceptors (Lipinski definition) is 5. The van der Waals surface area contributed by atoms with Crippen molar-refractivity contribution in [3.05, 3.63) is 17.6 Å². The minimum absolute atomic E-state index is 0.111. The maximum absolute atomic E-state index is 8.88. The standard InChI is InChI=1S/C14H23N3OS/c1-10-16-11(9-12(17-10)15-7-8-18)14(5-6-14)19-13(2,3)4/h9,18H,5-8H2,1-4H3,(H,15,16,17). The molecule has 0 aliphatic heterocycles. The minimum Gasteiger partial charge on any atom is -0.395 e. The van der Waals surface area contributed by atoms with Crippen LogP contribution in [0.1, 0.15) is 45.1 Å². The van der Waals surface area contributed by atoms with E-state index in [1.165, 1.54) is 12.8 Å². The third-order valence-electron chi connectivity index (χ3n) is 2.93. The SMILES string of the molecule is Cc1nc(NCCO)cc(C2(SC(C)(C)C)CC2)n1. The minimum atomic E-state index is 0.111. The van der Waals surface area contributed by atoms with E-state index in [9.17, 15) is 0 Å². The predicted molar refractivity (Wildman–Crippen MR) is 80.6 cm³/mol. The maximum atomic E-state index is 8.88. The van der Waals surface area contributed by atoms with Gasteiger partial charge >= 0.3 is 0 Å². The number of anilines is 1. The van der Waals surface area contributed by atoms with Crippen molar-refractivity contribution >= 4 is 17.6 Å². The topological polar surface area (TPSA) is 58.0 Å². The van der Waals surface area contributed by atoms with Crippen LogP contribution >= 0.6 is 11.8 Å². The van der Waals surface area contributed by atoms with Gasteiger partial charge in [0.2, 0.25) is 0 Å². The first-order valence-corrected chi connectivity index (χ1v) is 7.57. The van der Waals surface area contributed by atoms with Crippen molar-refractivity contribution in [3.63, 3.8) is 0 Å². The molecule has 0 bridgehead atoms. The number of thioether (sulfide) groups is 1. The molecule has 0 saturated heterocycles. The fraction of sp³-hybridized carbons (Fsp3) is 0.714. The molecule has 1 heterocycles. The lowest BCUT2D eigenvalue weighted by atomic mass is 10.2. The number of hydrogen-bond donors (Lipinski definition) is 2. The van der Waals surface area contributed by atoms with Crippen LogP contribution in [0.4, 0.5) is 5.82 Å². The molecule has 0 unspecified atom stereocenters. The Balaban J connectivity index is 2.22. The average molecular weight is 281 g/mol. The Morgan fingerprint density at radius 1 is 1.37 bits per heavy atom. The highest BCUT2D eigenvalue weighted by Crippen LogP contribution is 2.60. The van der Waals surface area contributed by atoms with Gasteiger partial charge in [0.1, 0.15) is 11.6 Å². The molecule has 0 aromatic carbocycles. The summed E-state index contributed by atoms with van der Waals surface area (Å²) in [5, 5.41) is 12.0. The molecule has 0 radical (unpaired) electrons. The third-order valence-corrected chi connectivity index (χ3v) is 4.55. The molecule has 1 fully saturated rings. The first-order valence-electron chi connectivity index (χ1n) is 6.76. The van der Waals surface area contributed by atoms with Crippen LogP contribution in [0.2, 0.25) is 0 Å². The lowest BCUT2D eigenvalue weighted by Gasteiger charge is -2.25. The van der Waals surface area contributed by atoms with E-state index in [-0.39, 0.29) is 16.1 Å². The fourth-order valence-corrected chi connectivity index (χ4v) is 3.87. The van der Waals surface area contributed by atoms with E-state index in [0.717, 1.165) is 17.3 Å². The summed E-state index contributed by atoms with van der Waals surface area (Å²) in [6.45, 7) is 9.30. The van der Waals surface area contributed by atoms with Crippen LogP contribution in [0.5, 0.6) is 0 Å². The zero-order valence-electron chi connectivity index (χ0n) is 12.2. The highest BCUT2D eigenvalue weighted by Gasteiger charge is 2.49. The van der Waals surface area contributed by atoms with E-state index in [1.807, 2.05) is 24.8 Å². The molecule has 5 heteroatoms. The van der Waals surface area contributed by atoms with Crippen molar-refractivity contribution < 1.29 is 5.11 Å². The van der Waals surface area contributed by atoms with Crippen LogP contribution in [0.3, 0.4) is 0 Å². The number of aromatic nitrogens is 2. The normalized spacial score (nSPS) is 17.3. The van der Waals surface area contributed by atoms with Crippen molar-refractivity contribution in [2.75, 3.05) is 18.5 Å². The van der Waals surface area contributed by atoms with Crippen molar-refractivity contribution in [1.82, 2.24) is 9.97 Å². The van der Waals surface area contributed by atoms with E-state index < -0.39 is 0 Å². The van der Waals surface area contributed by atoms with Gasteiger partial charge in [-0.2, -0.15) is 0 Å². The van der Waals surface area contributed by atoms with Crippen LogP contribution in [0.25, 0.3) is 0 Å². The zero-order chi connectivity index (χ0) is 14.1. The van der Waals surface area contributed by atoms with Gasteiger partial charge in [-0.3, -0.25) is 0 Å². The lowest BCUT2D eigenvalue weighted by molar-refractivity contribution is 0.311. The Morgan fingerprint density at radius 3 is 2.58 bits per heavy atom. The van der Waals surface area contributed by atoms with Gasteiger partial charge in [-0.15, -0.1) is 11.8 Å². The van der Waals surface area contributed by atoms with Crippen molar-refractivity contribution in [3.8, 4) is 0 Å². The molecular formula is C14H23N3OS. The van der Waals surface area contributed by atoms with E-state index >= 15 is 0 Å². The van der Waals surface area contributed by atoms with E-state index in [2.05, 4.69) is 36.1 Å². The molecule has 1 aliphatic carbocycles. The number of aliphatic hydroxyl groups excluding tert-OH is 1. The Hall–Kier alpha value is -0.810. The number of aryl methyl sites for hydroxylation is 1. The Labute approximate surface area is 119 Å². The van der Waals surface area contributed by atoms with Crippen LogP contribution in [-0.4, -0.2) is 33.0 Å². The molecule has 2 rings (SSSR count). The fourth-order valence-electron chi connectivity index (χ4n) is 2.19. The smallest absolute Gasteiger partial charge is 0.130 e. The second kappa shape index (κ2) is 5.29. The Morgan fingerprint density at radius 2 is 2.05 bits per heavy atom. The number of nitrogens with zero attached hydrogens (tertiary/aromatic N) is 2. The molecule has 1 aromatic rings. The summed E-state index contributed by atoms with van der Waals surface area (Å²) in [5.74, 6) is 1.61. The second-order valence-electron chi connectivity index (χ2n) is 6.04. The number of nitrogens with one attached hydrogen (secondary N) is 1. The molecule has 106 valence electrons. The van der Waals surface area contributed by atoms with Crippen molar-refractivity contribution in [2.24, 2.45) is 0 Å². The molecule has 0 amide bonds. The summed E-state index contributed by atoms with van der Waals surface area (Å²) in [6, 6.07) is 2.04. The molecule has 0 atom stereocenters. The quantitative estimate of drug-likeness (QED) is 0.869. The molecule has 1 aromatic heterocycles. The summed E-state index contributed by atoms with van der Waals surface area (Å²) in [7, 11) is 0. The molecule has 4 nitrogen and oxygen atoms in total. The molecule has 1 saturated carbocycles. The van der Waals surface area contributed by atoms with Gasteiger partial charge in [0.05, 0.1) is 17.0 Å². The lowest BCUT2D eigenvalue weighted by Crippen LogP contribution is -2.18. The van der Waals surface area contributed by atoms with Gasteiger partial charge in [-0.1, -0.05) is 20.8 Å². The summed E-state index contributed by atoms with van der Waals surface area (Å²) in [5.41, 5.74) is 1.13. The second-order valence-corrected chi connectivity index (χ2v) is 8.26. The molecule has 2 N–H and O–H groups in total. The van der Waals surface area contributed by atoms with E-state index in [4.69, 9.17) is 5.11 Å². The summed E-state index contributed by atoms with van der Waals surface area (Å²) >= 11 is 2.00. The summed E-state index contributed by atoms with van der Waals surface area (Å²) in [6.07, 6.45) is 2.37. The number of rotatable bonds is 5. The first kappa shape index (κ1) is 14.6.